The Balaban J connectivity index is 2.43. The van der Waals surface area contributed by atoms with E-state index >= 15 is 0 Å². The van der Waals surface area contributed by atoms with Gasteiger partial charge in [-0.15, -0.1) is 0 Å². The van der Waals surface area contributed by atoms with E-state index in [0.29, 0.717) is 0 Å². The topological polar surface area (TPSA) is 78.4 Å². The number of benzene rings is 1. The Hall–Kier alpha value is -2.30. The van der Waals surface area contributed by atoms with Crippen LogP contribution in [0.5, 0.6) is 0 Å². The van der Waals surface area contributed by atoms with Crippen molar-refractivity contribution < 1.29 is 14.7 Å². The zero-order valence-corrected chi connectivity index (χ0v) is 9.43. The molecule has 0 radical (unpaired) electrons. The van der Waals surface area contributed by atoms with E-state index in [2.05, 4.69) is 10.6 Å². The number of aliphatic carboxylic acids is 1. The molecule has 0 aliphatic carbocycles. The van der Waals surface area contributed by atoms with E-state index in [1.807, 2.05) is 31.2 Å². The third-order valence-electron chi connectivity index (χ3n) is 2.07. The van der Waals surface area contributed by atoms with Gasteiger partial charge in [0.05, 0.1) is 0 Å². The Morgan fingerprint density at radius 1 is 1.35 bits per heavy atom. The Kier molecular flexibility index (Phi) is 4.75. The number of aryl methyl sites for hydroxylation is 1. The molecule has 0 atom stereocenters. The number of nitrogens with one attached hydrogen (secondary N) is 2. The second kappa shape index (κ2) is 6.32. The Morgan fingerprint density at radius 3 is 2.71 bits per heavy atom. The third-order valence-corrected chi connectivity index (χ3v) is 2.07. The van der Waals surface area contributed by atoms with Crippen molar-refractivity contribution >= 4 is 18.1 Å². The number of carboxylic acid groups (broad SMARTS) is 1. The predicted molar refractivity (Wildman–Crippen MR) is 64.4 cm³/mol. The number of carboxylic acids is 1. The van der Waals surface area contributed by atoms with Crippen LogP contribution in [0.2, 0.25) is 0 Å². The summed E-state index contributed by atoms with van der Waals surface area (Å²) in [6.45, 7) is 1.56. The van der Waals surface area contributed by atoms with Gasteiger partial charge >= 0.3 is 12.0 Å². The molecule has 0 fully saturated rings. The van der Waals surface area contributed by atoms with Crippen LogP contribution in [0.25, 0.3) is 6.08 Å². The standard InChI is InChI=1S/C12H14N2O3/c1-9-4-2-3-5-10(9)6-7-13-12(17)14-8-11(15)16/h2-7H,8H2,1H3,(H,15,16)(H2,13,14,17)/b7-6+. The molecule has 90 valence electrons. The minimum Gasteiger partial charge on any atom is -0.480 e. The maximum Gasteiger partial charge on any atom is 0.323 e. The summed E-state index contributed by atoms with van der Waals surface area (Å²) in [6, 6.07) is 7.17. The van der Waals surface area contributed by atoms with E-state index in [0.717, 1.165) is 11.1 Å². The van der Waals surface area contributed by atoms with Crippen LogP contribution >= 0.6 is 0 Å². The summed E-state index contributed by atoms with van der Waals surface area (Å²) >= 11 is 0. The molecule has 1 aromatic carbocycles. The number of amides is 2. The van der Waals surface area contributed by atoms with Gasteiger partial charge in [-0.2, -0.15) is 0 Å². The average molecular weight is 234 g/mol. The van der Waals surface area contributed by atoms with Gasteiger partial charge < -0.3 is 15.7 Å². The van der Waals surface area contributed by atoms with Gasteiger partial charge in [0.2, 0.25) is 0 Å². The van der Waals surface area contributed by atoms with Crippen LogP contribution in [0.4, 0.5) is 4.79 Å². The quantitative estimate of drug-likeness (QED) is 0.735. The highest BCUT2D eigenvalue weighted by molar-refractivity contribution is 5.80. The normalized spacial score (nSPS) is 10.2. The molecule has 5 heteroatoms. The van der Waals surface area contributed by atoms with Crippen LogP contribution in [0, 0.1) is 6.92 Å². The highest BCUT2D eigenvalue weighted by atomic mass is 16.4. The zero-order chi connectivity index (χ0) is 12.7. The summed E-state index contributed by atoms with van der Waals surface area (Å²) in [5.41, 5.74) is 2.09. The molecule has 3 N–H and O–H groups in total. The van der Waals surface area contributed by atoms with Gasteiger partial charge in [0, 0.05) is 6.20 Å². The maximum atomic E-state index is 11.1. The largest absolute Gasteiger partial charge is 0.480 e. The van der Waals surface area contributed by atoms with E-state index in [9.17, 15) is 9.59 Å². The van der Waals surface area contributed by atoms with E-state index in [-0.39, 0.29) is 0 Å². The highest BCUT2D eigenvalue weighted by Crippen LogP contribution is 2.07. The van der Waals surface area contributed by atoms with Crippen LogP contribution in [0.1, 0.15) is 11.1 Å². The molecule has 0 saturated carbocycles. The number of carbonyl (C=O) groups is 2. The van der Waals surface area contributed by atoms with Crippen LogP contribution in [0.3, 0.4) is 0 Å². The Labute approximate surface area is 99.1 Å². The Bertz CT molecular complexity index is 441. The first-order chi connectivity index (χ1) is 8.09. The fourth-order valence-electron chi connectivity index (χ4n) is 1.19. The molecule has 0 heterocycles. The molecular weight excluding hydrogens is 220 g/mol. The van der Waals surface area contributed by atoms with Crippen molar-refractivity contribution in [3.63, 3.8) is 0 Å². The molecule has 1 aromatic rings. The average Bonchev–Trinajstić information content (AvgIpc) is 2.29. The van der Waals surface area contributed by atoms with Gasteiger partial charge in [0.25, 0.3) is 0 Å². The number of hydrogen-bond donors (Lipinski definition) is 3. The molecule has 0 saturated heterocycles. The van der Waals surface area contributed by atoms with Crippen molar-refractivity contribution in [2.24, 2.45) is 0 Å². The van der Waals surface area contributed by atoms with E-state index in [4.69, 9.17) is 5.11 Å². The first kappa shape index (κ1) is 12.8. The first-order valence-electron chi connectivity index (χ1n) is 5.08. The van der Waals surface area contributed by atoms with E-state index in [1.54, 1.807) is 6.08 Å². The lowest BCUT2D eigenvalue weighted by molar-refractivity contribution is -0.135. The van der Waals surface area contributed by atoms with Gasteiger partial charge in [-0.05, 0) is 24.1 Å². The summed E-state index contributed by atoms with van der Waals surface area (Å²) in [5.74, 6) is -1.08. The van der Waals surface area contributed by atoms with E-state index in [1.165, 1.54) is 6.20 Å². The highest BCUT2D eigenvalue weighted by Gasteiger charge is 2.00. The fraction of sp³-hybridized carbons (Fsp3) is 0.167. The van der Waals surface area contributed by atoms with Crippen molar-refractivity contribution in [3.8, 4) is 0 Å². The molecule has 0 aliphatic rings. The van der Waals surface area contributed by atoms with Crippen LogP contribution in [-0.2, 0) is 4.79 Å². The minimum absolute atomic E-state index is 0.399. The summed E-state index contributed by atoms with van der Waals surface area (Å²) in [5, 5.41) is 12.9. The lowest BCUT2D eigenvalue weighted by Gasteiger charge is -2.01. The summed E-state index contributed by atoms with van der Waals surface area (Å²) < 4.78 is 0. The lowest BCUT2D eigenvalue weighted by atomic mass is 10.1. The van der Waals surface area contributed by atoms with Crippen LogP contribution < -0.4 is 10.6 Å². The third kappa shape index (κ3) is 4.83. The van der Waals surface area contributed by atoms with Crippen molar-refractivity contribution in [1.82, 2.24) is 10.6 Å². The maximum absolute atomic E-state index is 11.1. The van der Waals surface area contributed by atoms with Crippen molar-refractivity contribution in [1.29, 1.82) is 0 Å². The van der Waals surface area contributed by atoms with Crippen molar-refractivity contribution in [2.75, 3.05) is 6.54 Å². The van der Waals surface area contributed by atoms with Gasteiger partial charge in [-0.1, -0.05) is 24.3 Å². The number of urea groups is 1. The molecule has 0 aromatic heterocycles. The second-order valence-electron chi connectivity index (χ2n) is 3.41. The van der Waals surface area contributed by atoms with Gasteiger partial charge in [-0.3, -0.25) is 4.79 Å². The van der Waals surface area contributed by atoms with E-state index < -0.39 is 18.5 Å². The van der Waals surface area contributed by atoms with Crippen LogP contribution in [-0.4, -0.2) is 23.7 Å². The first-order valence-corrected chi connectivity index (χ1v) is 5.08. The molecule has 0 unspecified atom stereocenters. The summed E-state index contributed by atoms with van der Waals surface area (Å²) in [6.07, 6.45) is 3.22. The predicted octanol–water partition coefficient (Wildman–Crippen LogP) is 1.35. The number of hydrogen-bond acceptors (Lipinski definition) is 2. The molecule has 1 rings (SSSR count). The zero-order valence-electron chi connectivity index (χ0n) is 9.43. The minimum atomic E-state index is -1.08. The molecular formula is C12H14N2O3. The molecule has 0 bridgehead atoms. The molecule has 0 aliphatic heterocycles. The fourth-order valence-corrected chi connectivity index (χ4v) is 1.19. The van der Waals surface area contributed by atoms with Gasteiger partial charge in [0.1, 0.15) is 6.54 Å². The summed E-state index contributed by atoms with van der Waals surface area (Å²) in [7, 11) is 0. The van der Waals surface area contributed by atoms with Crippen LogP contribution in [0.15, 0.2) is 30.5 Å². The smallest absolute Gasteiger partial charge is 0.323 e. The SMILES string of the molecule is Cc1ccccc1/C=C/NC(=O)NCC(=O)O. The second-order valence-corrected chi connectivity index (χ2v) is 3.41. The number of carbonyl (C=O) groups excluding carboxylic acids is 1. The molecule has 2 amide bonds. The van der Waals surface area contributed by atoms with Gasteiger partial charge in [0.15, 0.2) is 0 Å². The molecule has 5 nitrogen and oxygen atoms in total. The lowest BCUT2D eigenvalue weighted by Crippen LogP contribution is -2.35. The number of rotatable bonds is 4. The molecule has 0 spiro atoms. The van der Waals surface area contributed by atoms with Crippen molar-refractivity contribution in [3.05, 3.63) is 41.6 Å². The van der Waals surface area contributed by atoms with Crippen molar-refractivity contribution in [2.45, 2.75) is 6.92 Å². The Morgan fingerprint density at radius 2 is 2.06 bits per heavy atom. The monoisotopic (exact) mass is 234 g/mol. The van der Waals surface area contributed by atoms with Gasteiger partial charge in [-0.25, -0.2) is 4.79 Å². The molecule has 17 heavy (non-hydrogen) atoms. The summed E-state index contributed by atoms with van der Waals surface area (Å²) in [4.78, 5) is 21.3.